The molecule has 1 saturated heterocycles. The van der Waals surface area contributed by atoms with E-state index in [-0.39, 0.29) is 11.0 Å². The summed E-state index contributed by atoms with van der Waals surface area (Å²) in [5, 5.41) is 3.73. The average Bonchev–Trinajstić information content (AvgIpc) is 3.06. The van der Waals surface area contributed by atoms with Crippen LogP contribution in [0.25, 0.3) is 0 Å². The van der Waals surface area contributed by atoms with Crippen molar-refractivity contribution in [3.05, 3.63) is 35.3 Å². The van der Waals surface area contributed by atoms with Crippen LogP contribution in [-0.2, 0) is 10.0 Å². The molecule has 0 aromatic carbocycles. The molecule has 0 saturated carbocycles. The molecule has 0 spiro atoms. The Hall–Kier alpha value is -1.93. The predicted octanol–water partition coefficient (Wildman–Crippen LogP) is 1.84. The number of rotatable bonds is 4. The maximum Gasteiger partial charge on any atom is 0.248 e. The molecular weight excluding hydrogens is 318 g/mol. The molecule has 2 aromatic rings. The maximum atomic E-state index is 12.7. The molecule has 2 aromatic heterocycles. The second-order valence-electron chi connectivity index (χ2n) is 5.66. The molecule has 0 radical (unpaired) electrons. The summed E-state index contributed by atoms with van der Waals surface area (Å²) >= 11 is 0. The van der Waals surface area contributed by atoms with Crippen LogP contribution >= 0.6 is 0 Å². The van der Waals surface area contributed by atoms with Crippen molar-refractivity contribution >= 4 is 10.0 Å². The molecule has 1 aliphatic heterocycles. The molecule has 8 heteroatoms. The topological polar surface area (TPSA) is 85.5 Å². The van der Waals surface area contributed by atoms with Crippen molar-refractivity contribution in [2.45, 2.75) is 38.2 Å². The van der Waals surface area contributed by atoms with Crippen LogP contribution in [0.1, 0.15) is 23.6 Å². The van der Waals surface area contributed by atoms with Gasteiger partial charge in [-0.15, -0.1) is 0 Å². The third kappa shape index (κ3) is 3.09. The SMILES string of the molecule is Cc1cccc(OC2CCN(S(=O)(=O)c3c(C)noc3C)C2)n1. The average molecular weight is 337 g/mol. The fourth-order valence-corrected chi connectivity index (χ4v) is 4.52. The minimum atomic E-state index is -3.61. The van der Waals surface area contributed by atoms with Crippen molar-refractivity contribution in [3.8, 4) is 5.88 Å². The van der Waals surface area contributed by atoms with Gasteiger partial charge >= 0.3 is 0 Å². The van der Waals surface area contributed by atoms with Gasteiger partial charge in [-0.3, -0.25) is 0 Å². The van der Waals surface area contributed by atoms with Crippen molar-refractivity contribution in [2.24, 2.45) is 0 Å². The van der Waals surface area contributed by atoms with Gasteiger partial charge in [-0.05, 0) is 33.3 Å². The highest BCUT2D eigenvalue weighted by Gasteiger charge is 2.37. The van der Waals surface area contributed by atoms with Gasteiger partial charge < -0.3 is 9.26 Å². The number of hydrogen-bond acceptors (Lipinski definition) is 6. The zero-order chi connectivity index (χ0) is 16.6. The largest absolute Gasteiger partial charge is 0.473 e. The Morgan fingerprint density at radius 3 is 2.74 bits per heavy atom. The number of aromatic nitrogens is 2. The Kier molecular flexibility index (Phi) is 4.11. The highest BCUT2D eigenvalue weighted by molar-refractivity contribution is 7.89. The summed E-state index contributed by atoms with van der Waals surface area (Å²) in [5.74, 6) is 0.832. The molecule has 1 aliphatic rings. The van der Waals surface area contributed by atoms with Crippen LogP contribution in [0.2, 0.25) is 0 Å². The monoisotopic (exact) mass is 337 g/mol. The van der Waals surface area contributed by atoms with E-state index in [0.717, 1.165) is 5.69 Å². The van der Waals surface area contributed by atoms with E-state index in [4.69, 9.17) is 9.26 Å². The van der Waals surface area contributed by atoms with E-state index in [1.54, 1.807) is 19.9 Å². The lowest BCUT2D eigenvalue weighted by molar-refractivity contribution is 0.206. The Balaban J connectivity index is 1.75. The van der Waals surface area contributed by atoms with Crippen LogP contribution in [0.5, 0.6) is 5.88 Å². The van der Waals surface area contributed by atoms with Crippen LogP contribution < -0.4 is 4.74 Å². The van der Waals surface area contributed by atoms with Gasteiger partial charge in [0, 0.05) is 18.3 Å². The minimum Gasteiger partial charge on any atom is -0.473 e. The number of ether oxygens (including phenoxy) is 1. The van der Waals surface area contributed by atoms with Crippen LogP contribution in [0.15, 0.2) is 27.6 Å². The van der Waals surface area contributed by atoms with Crippen LogP contribution in [0.3, 0.4) is 0 Å². The van der Waals surface area contributed by atoms with E-state index >= 15 is 0 Å². The lowest BCUT2D eigenvalue weighted by Gasteiger charge is -2.16. The number of nitrogens with zero attached hydrogens (tertiary/aromatic N) is 3. The van der Waals surface area contributed by atoms with E-state index in [1.165, 1.54) is 4.31 Å². The first kappa shape index (κ1) is 15.9. The third-order valence-corrected chi connectivity index (χ3v) is 5.93. The number of hydrogen-bond donors (Lipinski definition) is 0. The molecule has 124 valence electrons. The van der Waals surface area contributed by atoms with Crippen LogP contribution in [0, 0.1) is 20.8 Å². The van der Waals surface area contributed by atoms with Gasteiger partial charge in [0.25, 0.3) is 0 Å². The van der Waals surface area contributed by atoms with Gasteiger partial charge in [0.1, 0.15) is 16.7 Å². The highest BCUT2D eigenvalue weighted by atomic mass is 32.2. The summed E-state index contributed by atoms with van der Waals surface area (Å²) in [6.45, 7) is 5.82. The van der Waals surface area contributed by atoms with Crippen molar-refractivity contribution in [2.75, 3.05) is 13.1 Å². The van der Waals surface area contributed by atoms with Gasteiger partial charge in [0.05, 0.1) is 6.54 Å². The van der Waals surface area contributed by atoms with E-state index in [9.17, 15) is 8.42 Å². The Labute approximate surface area is 135 Å². The minimum absolute atomic E-state index is 0.159. The molecule has 3 rings (SSSR count). The molecular formula is C15H19N3O4S. The Morgan fingerprint density at radius 1 is 1.30 bits per heavy atom. The standard InChI is InChI=1S/C15H19N3O4S/c1-10-5-4-6-14(16-10)21-13-7-8-18(9-13)23(19,20)15-11(2)17-22-12(15)3/h4-6,13H,7-9H2,1-3H3. The summed E-state index contributed by atoms with van der Waals surface area (Å²) in [6, 6.07) is 5.53. The molecule has 3 heterocycles. The van der Waals surface area contributed by atoms with Gasteiger partial charge in [0.2, 0.25) is 15.9 Å². The van der Waals surface area contributed by atoms with E-state index in [2.05, 4.69) is 10.1 Å². The molecule has 0 aliphatic carbocycles. The molecule has 1 unspecified atom stereocenters. The van der Waals surface area contributed by atoms with E-state index in [0.29, 0.717) is 36.8 Å². The van der Waals surface area contributed by atoms with E-state index < -0.39 is 10.0 Å². The molecule has 0 N–H and O–H groups in total. The fraction of sp³-hybridized carbons (Fsp3) is 0.467. The highest BCUT2D eigenvalue weighted by Crippen LogP contribution is 2.27. The normalized spacial score (nSPS) is 19.2. The quantitative estimate of drug-likeness (QED) is 0.846. The molecule has 0 bridgehead atoms. The van der Waals surface area contributed by atoms with Gasteiger partial charge in [-0.25, -0.2) is 13.4 Å². The lowest BCUT2D eigenvalue weighted by atomic mass is 10.3. The van der Waals surface area contributed by atoms with Gasteiger partial charge in [0.15, 0.2) is 5.76 Å². The molecule has 7 nitrogen and oxygen atoms in total. The molecule has 23 heavy (non-hydrogen) atoms. The zero-order valence-electron chi connectivity index (χ0n) is 13.3. The first-order chi connectivity index (χ1) is 10.9. The summed E-state index contributed by atoms with van der Waals surface area (Å²) in [4.78, 5) is 4.45. The second kappa shape index (κ2) is 5.93. The summed E-state index contributed by atoms with van der Waals surface area (Å²) < 4.78 is 37.7. The van der Waals surface area contributed by atoms with E-state index in [1.807, 2.05) is 19.1 Å². The fourth-order valence-electron chi connectivity index (χ4n) is 2.74. The van der Waals surface area contributed by atoms with Crippen molar-refractivity contribution in [3.63, 3.8) is 0 Å². The number of sulfonamides is 1. The summed E-state index contributed by atoms with van der Waals surface area (Å²) in [7, 11) is -3.61. The summed E-state index contributed by atoms with van der Waals surface area (Å²) in [5.41, 5.74) is 1.24. The lowest BCUT2D eigenvalue weighted by Crippen LogP contribution is -2.31. The van der Waals surface area contributed by atoms with Gasteiger partial charge in [-0.1, -0.05) is 11.2 Å². The first-order valence-corrected chi connectivity index (χ1v) is 8.85. The van der Waals surface area contributed by atoms with Crippen molar-refractivity contribution < 1.29 is 17.7 Å². The number of aryl methyl sites for hydroxylation is 3. The second-order valence-corrected chi connectivity index (χ2v) is 7.54. The Bertz CT molecular complexity index is 796. The zero-order valence-corrected chi connectivity index (χ0v) is 14.1. The van der Waals surface area contributed by atoms with Crippen molar-refractivity contribution in [1.82, 2.24) is 14.4 Å². The molecule has 1 atom stereocenters. The maximum absolute atomic E-state index is 12.7. The summed E-state index contributed by atoms with van der Waals surface area (Å²) in [6.07, 6.45) is 0.414. The molecule has 1 fully saturated rings. The molecule has 0 amide bonds. The number of pyridine rings is 1. The first-order valence-electron chi connectivity index (χ1n) is 7.41. The smallest absolute Gasteiger partial charge is 0.248 e. The predicted molar refractivity (Wildman–Crippen MR) is 82.7 cm³/mol. The van der Waals surface area contributed by atoms with Crippen LogP contribution in [0.4, 0.5) is 0 Å². The van der Waals surface area contributed by atoms with Crippen molar-refractivity contribution in [1.29, 1.82) is 0 Å². The third-order valence-electron chi connectivity index (χ3n) is 3.82. The van der Waals surface area contributed by atoms with Crippen LogP contribution in [-0.4, -0.2) is 42.1 Å². The Morgan fingerprint density at radius 2 is 2.09 bits per heavy atom. The van der Waals surface area contributed by atoms with Gasteiger partial charge in [-0.2, -0.15) is 4.31 Å².